The first-order valence-electron chi connectivity index (χ1n) is 7.06. The molecule has 1 aliphatic heterocycles. The van der Waals surface area contributed by atoms with Gasteiger partial charge in [0.15, 0.2) is 0 Å². The summed E-state index contributed by atoms with van der Waals surface area (Å²) in [5.74, 6) is 2.47. The minimum absolute atomic E-state index is 0.380. The van der Waals surface area contributed by atoms with Crippen LogP contribution in [0.2, 0.25) is 0 Å². The van der Waals surface area contributed by atoms with Gasteiger partial charge in [-0.1, -0.05) is 6.92 Å². The van der Waals surface area contributed by atoms with Crippen LogP contribution in [0.25, 0.3) is 0 Å². The van der Waals surface area contributed by atoms with Crippen molar-refractivity contribution in [3.8, 4) is 0 Å². The molecular formula is C14H24N4O. The van der Waals surface area contributed by atoms with Crippen molar-refractivity contribution in [1.29, 1.82) is 0 Å². The molecule has 0 bridgehead atoms. The highest BCUT2D eigenvalue weighted by Crippen LogP contribution is 2.25. The number of anilines is 2. The van der Waals surface area contributed by atoms with Crippen LogP contribution in [0.15, 0.2) is 0 Å². The van der Waals surface area contributed by atoms with Gasteiger partial charge in [0.25, 0.3) is 0 Å². The lowest BCUT2D eigenvalue weighted by atomic mass is 10.1. The third-order valence-electron chi connectivity index (χ3n) is 3.75. The van der Waals surface area contributed by atoms with Crippen molar-refractivity contribution in [1.82, 2.24) is 9.97 Å². The normalized spacial score (nSPS) is 16.9. The highest BCUT2D eigenvalue weighted by atomic mass is 16.5. The molecule has 1 aromatic heterocycles. The molecule has 0 aromatic carbocycles. The number of hydrogen-bond donors (Lipinski definition) is 1. The molecule has 5 heteroatoms. The van der Waals surface area contributed by atoms with Gasteiger partial charge in [0.05, 0.1) is 6.10 Å². The Morgan fingerprint density at radius 3 is 2.58 bits per heavy atom. The van der Waals surface area contributed by atoms with Crippen LogP contribution in [0.5, 0.6) is 0 Å². The van der Waals surface area contributed by atoms with E-state index in [0.29, 0.717) is 11.9 Å². The van der Waals surface area contributed by atoms with E-state index in [-0.39, 0.29) is 0 Å². The predicted octanol–water partition coefficient (Wildman–Crippen LogP) is 1.93. The molecule has 2 rings (SSSR count). The molecule has 1 aromatic rings. The minimum Gasteiger partial charge on any atom is -0.383 e. The van der Waals surface area contributed by atoms with Crippen LogP contribution in [0.1, 0.15) is 37.6 Å². The van der Waals surface area contributed by atoms with Gasteiger partial charge in [-0.05, 0) is 26.2 Å². The SMILES string of the molecule is CCCc1nc(N)c(C)c(N2CCC(OC)CC2)n1. The van der Waals surface area contributed by atoms with Crippen molar-refractivity contribution in [3.63, 3.8) is 0 Å². The van der Waals surface area contributed by atoms with E-state index in [1.165, 1.54) is 0 Å². The van der Waals surface area contributed by atoms with Gasteiger partial charge in [0.1, 0.15) is 17.5 Å². The van der Waals surface area contributed by atoms with Crippen molar-refractivity contribution >= 4 is 11.6 Å². The first kappa shape index (κ1) is 14.1. The highest BCUT2D eigenvalue weighted by Gasteiger charge is 2.22. The predicted molar refractivity (Wildman–Crippen MR) is 77.4 cm³/mol. The second-order valence-corrected chi connectivity index (χ2v) is 5.15. The Hall–Kier alpha value is -1.36. The third kappa shape index (κ3) is 3.15. The first-order valence-corrected chi connectivity index (χ1v) is 7.06. The summed E-state index contributed by atoms with van der Waals surface area (Å²) in [6.07, 6.45) is 4.39. The number of aromatic nitrogens is 2. The largest absolute Gasteiger partial charge is 0.383 e. The summed E-state index contributed by atoms with van der Waals surface area (Å²) in [6.45, 7) is 6.08. The number of piperidine rings is 1. The van der Waals surface area contributed by atoms with E-state index in [1.54, 1.807) is 7.11 Å². The Labute approximate surface area is 115 Å². The summed E-state index contributed by atoms with van der Waals surface area (Å²) < 4.78 is 5.41. The molecule has 2 N–H and O–H groups in total. The smallest absolute Gasteiger partial charge is 0.137 e. The standard InChI is InChI=1S/C14H24N4O/c1-4-5-12-16-13(15)10(2)14(17-12)18-8-6-11(19-3)7-9-18/h11H,4-9H2,1-3H3,(H2,15,16,17). The minimum atomic E-state index is 0.380. The van der Waals surface area contributed by atoms with Gasteiger partial charge in [0.2, 0.25) is 0 Å². The zero-order chi connectivity index (χ0) is 13.8. The number of nitrogen functional groups attached to an aromatic ring is 1. The number of hydrogen-bond acceptors (Lipinski definition) is 5. The van der Waals surface area contributed by atoms with Gasteiger partial charge in [-0.25, -0.2) is 9.97 Å². The van der Waals surface area contributed by atoms with Crippen molar-refractivity contribution in [2.24, 2.45) is 0 Å². The van der Waals surface area contributed by atoms with Gasteiger partial charge >= 0.3 is 0 Å². The average Bonchev–Trinajstić information content (AvgIpc) is 2.43. The number of rotatable bonds is 4. The third-order valence-corrected chi connectivity index (χ3v) is 3.75. The highest BCUT2D eigenvalue weighted by molar-refractivity contribution is 5.56. The second kappa shape index (κ2) is 6.19. The van der Waals surface area contributed by atoms with Crippen LogP contribution in [0.4, 0.5) is 11.6 Å². The summed E-state index contributed by atoms with van der Waals surface area (Å²) in [5, 5.41) is 0. The molecule has 0 atom stereocenters. The van der Waals surface area contributed by atoms with Crippen LogP contribution < -0.4 is 10.6 Å². The van der Waals surface area contributed by atoms with Gasteiger partial charge < -0.3 is 15.4 Å². The number of ether oxygens (including phenoxy) is 1. The number of methoxy groups -OCH3 is 1. The summed E-state index contributed by atoms with van der Waals surface area (Å²) >= 11 is 0. The molecule has 0 spiro atoms. The fraction of sp³-hybridized carbons (Fsp3) is 0.714. The van der Waals surface area contributed by atoms with Gasteiger partial charge in [-0.2, -0.15) is 0 Å². The van der Waals surface area contributed by atoms with E-state index in [2.05, 4.69) is 16.8 Å². The first-order chi connectivity index (χ1) is 9.15. The Kier molecular flexibility index (Phi) is 4.58. The Balaban J connectivity index is 2.19. The average molecular weight is 264 g/mol. The van der Waals surface area contributed by atoms with Crippen molar-refractivity contribution in [3.05, 3.63) is 11.4 Å². The number of nitrogens with zero attached hydrogens (tertiary/aromatic N) is 3. The van der Waals surface area contributed by atoms with E-state index in [1.807, 2.05) is 6.92 Å². The maximum Gasteiger partial charge on any atom is 0.137 e. The van der Waals surface area contributed by atoms with E-state index in [4.69, 9.17) is 15.5 Å². The number of aryl methyl sites for hydroxylation is 1. The van der Waals surface area contributed by atoms with Crippen LogP contribution in [0.3, 0.4) is 0 Å². The quantitative estimate of drug-likeness (QED) is 0.900. The molecule has 2 heterocycles. The maximum absolute atomic E-state index is 6.01. The molecule has 0 radical (unpaired) electrons. The van der Waals surface area contributed by atoms with Crippen LogP contribution in [0, 0.1) is 6.92 Å². The van der Waals surface area contributed by atoms with Crippen LogP contribution >= 0.6 is 0 Å². The van der Waals surface area contributed by atoms with Crippen molar-refractivity contribution in [2.45, 2.75) is 45.6 Å². The molecule has 1 saturated heterocycles. The van der Waals surface area contributed by atoms with E-state index in [0.717, 1.165) is 56.0 Å². The molecule has 5 nitrogen and oxygen atoms in total. The van der Waals surface area contributed by atoms with Gasteiger partial charge in [-0.15, -0.1) is 0 Å². The maximum atomic E-state index is 6.01. The fourth-order valence-electron chi connectivity index (χ4n) is 2.52. The Morgan fingerprint density at radius 1 is 1.32 bits per heavy atom. The molecule has 1 aliphatic rings. The Bertz CT molecular complexity index is 428. The molecule has 0 saturated carbocycles. The van der Waals surface area contributed by atoms with E-state index >= 15 is 0 Å². The van der Waals surface area contributed by atoms with Gasteiger partial charge in [-0.3, -0.25) is 0 Å². The summed E-state index contributed by atoms with van der Waals surface area (Å²) in [7, 11) is 1.79. The lowest BCUT2D eigenvalue weighted by Gasteiger charge is -2.33. The zero-order valence-corrected chi connectivity index (χ0v) is 12.1. The van der Waals surface area contributed by atoms with Crippen LogP contribution in [-0.2, 0) is 11.2 Å². The molecule has 19 heavy (non-hydrogen) atoms. The van der Waals surface area contributed by atoms with E-state index in [9.17, 15) is 0 Å². The van der Waals surface area contributed by atoms with E-state index < -0.39 is 0 Å². The van der Waals surface area contributed by atoms with Crippen molar-refractivity contribution in [2.75, 3.05) is 30.8 Å². The molecule has 1 fully saturated rings. The van der Waals surface area contributed by atoms with Crippen molar-refractivity contribution < 1.29 is 4.74 Å². The fourth-order valence-corrected chi connectivity index (χ4v) is 2.52. The molecule has 106 valence electrons. The van der Waals surface area contributed by atoms with Gasteiger partial charge in [0, 0.05) is 32.2 Å². The van der Waals surface area contributed by atoms with Crippen LogP contribution in [-0.4, -0.2) is 36.3 Å². The summed E-state index contributed by atoms with van der Waals surface area (Å²) in [4.78, 5) is 11.4. The molecule has 0 amide bonds. The molecular weight excluding hydrogens is 240 g/mol. The lowest BCUT2D eigenvalue weighted by molar-refractivity contribution is 0.0817. The number of nitrogens with two attached hydrogens (primary N) is 1. The Morgan fingerprint density at radius 2 is 2.00 bits per heavy atom. The summed E-state index contributed by atoms with van der Waals surface area (Å²) in [6, 6.07) is 0. The zero-order valence-electron chi connectivity index (χ0n) is 12.1. The topological polar surface area (TPSA) is 64.3 Å². The summed E-state index contributed by atoms with van der Waals surface area (Å²) in [5.41, 5.74) is 7.01. The monoisotopic (exact) mass is 264 g/mol. The molecule has 0 aliphatic carbocycles. The lowest BCUT2D eigenvalue weighted by Crippen LogP contribution is -2.37. The molecule has 0 unspecified atom stereocenters. The second-order valence-electron chi connectivity index (χ2n) is 5.15.